The lowest BCUT2D eigenvalue weighted by molar-refractivity contribution is 0.0600. The van der Waals surface area contributed by atoms with Crippen molar-refractivity contribution in [3.8, 4) is 0 Å². The second-order valence-electron chi connectivity index (χ2n) is 3.68. The van der Waals surface area contributed by atoms with Crippen LogP contribution in [0.25, 0.3) is 0 Å². The van der Waals surface area contributed by atoms with Crippen LogP contribution in [0.5, 0.6) is 0 Å². The number of aromatic nitrogens is 2. The van der Waals surface area contributed by atoms with Gasteiger partial charge in [0.25, 0.3) is 5.56 Å². The van der Waals surface area contributed by atoms with Crippen molar-refractivity contribution in [3.63, 3.8) is 0 Å². The predicted octanol–water partition coefficient (Wildman–Crippen LogP) is 1.85. The first-order chi connectivity index (χ1) is 9.20. The minimum absolute atomic E-state index is 0.196. The summed E-state index contributed by atoms with van der Waals surface area (Å²) < 4.78 is 4.73. The van der Waals surface area contributed by atoms with E-state index in [-0.39, 0.29) is 11.5 Å². The molecule has 0 aliphatic carbocycles. The standard InChI is InChI=1S/C13H12N2O3S/c1-18-12(17)10-5-3-2-4-9(10)8-19-13-14-7-6-11(16)15-13/h2-7H,8H2,1H3,(H,14,15,16). The number of aromatic amines is 1. The second kappa shape index (κ2) is 6.19. The lowest BCUT2D eigenvalue weighted by Crippen LogP contribution is -2.07. The van der Waals surface area contributed by atoms with E-state index >= 15 is 0 Å². The van der Waals surface area contributed by atoms with Crippen LogP contribution in [-0.4, -0.2) is 23.0 Å². The minimum atomic E-state index is -0.370. The Labute approximate surface area is 114 Å². The van der Waals surface area contributed by atoms with Gasteiger partial charge in [-0.15, -0.1) is 0 Å². The Hall–Kier alpha value is -2.08. The molecule has 0 bridgehead atoms. The van der Waals surface area contributed by atoms with Gasteiger partial charge in [-0.3, -0.25) is 4.79 Å². The molecule has 1 heterocycles. The molecule has 0 saturated carbocycles. The number of benzene rings is 1. The van der Waals surface area contributed by atoms with Gasteiger partial charge in [0.05, 0.1) is 12.7 Å². The molecule has 0 saturated heterocycles. The Bertz CT molecular complexity index is 640. The van der Waals surface area contributed by atoms with Crippen LogP contribution in [0.15, 0.2) is 46.5 Å². The van der Waals surface area contributed by atoms with Gasteiger partial charge in [0.1, 0.15) is 0 Å². The van der Waals surface area contributed by atoms with Crippen molar-refractivity contribution >= 4 is 17.7 Å². The van der Waals surface area contributed by atoms with Gasteiger partial charge in [0.15, 0.2) is 5.16 Å². The lowest BCUT2D eigenvalue weighted by Gasteiger charge is -2.06. The molecule has 6 heteroatoms. The fourth-order valence-electron chi connectivity index (χ4n) is 1.53. The summed E-state index contributed by atoms with van der Waals surface area (Å²) >= 11 is 1.36. The minimum Gasteiger partial charge on any atom is -0.465 e. The van der Waals surface area contributed by atoms with Crippen molar-refractivity contribution in [1.29, 1.82) is 0 Å². The number of nitrogens with one attached hydrogen (secondary N) is 1. The van der Waals surface area contributed by atoms with Crippen molar-refractivity contribution in [2.24, 2.45) is 0 Å². The van der Waals surface area contributed by atoms with Crippen molar-refractivity contribution in [2.75, 3.05) is 7.11 Å². The number of H-pyrrole nitrogens is 1. The van der Waals surface area contributed by atoms with Crippen LogP contribution in [0, 0.1) is 0 Å². The summed E-state index contributed by atoms with van der Waals surface area (Å²) in [4.78, 5) is 29.4. The summed E-state index contributed by atoms with van der Waals surface area (Å²) in [6.07, 6.45) is 1.45. The Morgan fingerprint density at radius 1 is 1.37 bits per heavy atom. The smallest absolute Gasteiger partial charge is 0.338 e. The number of hydrogen-bond acceptors (Lipinski definition) is 5. The number of nitrogens with zero attached hydrogens (tertiary/aromatic N) is 1. The normalized spacial score (nSPS) is 10.2. The molecular weight excluding hydrogens is 264 g/mol. The van der Waals surface area contributed by atoms with Gasteiger partial charge in [0, 0.05) is 18.0 Å². The van der Waals surface area contributed by atoms with E-state index in [9.17, 15) is 9.59 Å². The van der Waals surface area contributed by atoms with Gasteiger partial charge in [-0.25, -0.2) is 9.78 Å². The van der Waals surface area contributed by atoms with E-state index in [0.29, 0.717) is 16.5 Å². The van der Waals surface area contributed by atoms with E-state index < -0.39 is 0 Å². The summed E-state index contributed by atoms with van der Waals surface area (Å²) in [7, 11) is 1.35. The number of hydrogen-bond donors (Lipinski definition) is 1. The van der Waals surface area contributed by atoms with Crippen LogP contribution < -0.4 is 5.56 Å². The molecule has 0 fully saturated rings. The molecule has 1 aromatic carbocycles. The van der Waals surface area contributed by atoms with Gasteiger partial charge in [-0.05, 0) is 11.6 Å². The van der Waals surface area contributed by atoms with Crippen LogP contribution in [0.3, 0.4) is 0 Å². The summed E-state index contributed by atoms with van der Waals surface area (Å²) in [5, 5.41) is 0.521. The summed E-state index contributed by atoms with van der Waals surface area (Å²) in [6, 6.07) is 8.54. The van der Waals surface area contributed by atoms with E-state index in [1.807, 2.05) is 12.1 Å². The Morgan fingerprint density at radius 2 is 2.16 bits per heavy atom. The molecule has 2 aromatic rings. The van der Waals surface area contributed by atoms with Gasteiger partial charge < -0.3 is 9.72 Å². The second-order valence-corrected chi connectivity index (χ2v) is 4.64. The molecule has 0 spiro atoms. The third kappa shape index (κ3) is 3.45. The number of carbonyl (C=O) groups is 1. The van der Waals surface area contributed by atoms with Gasteiger partial charge >= 0.3 is 5.97 Å². The molecule has 2 rings (SSSR count). The summed E-state index contributed by atoms with van der Waals surface area (Å²) in [6.45, 7) is 0. The Morgan fingerprint density at radius 3 is 2.89 bits per heavy atom. The van der Waals surface area contributed by atoms with Gasteiger partial charge in [-0.2, -0.15) is 0 Å². The molecule has 0 unspecified atom stereocenters. The first kappa shape index (κ1) is 13.4. The van der Waals surface area contributed by atoms with E-state index in [1.54, 1.807) is 12.1 Å². The number of thioether (sulfide) groups is 1. The monoisotopic (exact) mass is 276 g/mol. The Kier molecular flexibility index (Phi) is 4.35. The van der Waals surface area contributed by atoms with Crippen molar-refractivity contribution in [2.45, 2.75) is 10.9 Å². The van der Waals surface area contributed by atoms with Gasteiger partial charge in [0.2, 0.25) is 0 Å². The zero-order valence-electron chi connectivity index (χ0n) is 10.3. The first-order valence-electron chi connectivity index (χ1n) is 5.55. The van der Waals surface area contributed by atoms with Crippen LogP contribution in [0.2, 0.25) is 0 Å². The molecular formula is C13H12N2O3S. The number of ether oxygens (including phenoxy) is 1. The van der Waals surface area contributed by atoms with Gasteiger partial charge in [-0.1, -0.05) is 30.0 Å². The number of methoxy groups -OCH3 is 1. The fourth-order valence-corrected chi connectivity index (χ4v) is 2.38. The van der Waals surface area contributed by atoms with Crippen LogP contribution >= 0.6 is 11.8 Å². The zero-order chi connectivity index (χ0) is 13.7. The molecule has 0 atom stereocenters. The third-order valence-corrected chi connectivity index (χ3v) is 3.37. The zero-order valence-corrected chi connectivity index (χ0v) is 11.1. The molecule has 5 nitrogen and oxygen atoms in total. The van der Waals surface area contributed by atoms with E-state index in [1.165, 1.54) is 31.1 Å². The third-order valence-electron chi connectivity index (χ3n) is 2.43. The number of esters is 1. The van der Waals surface area contributed by atoms with E-state index in [2.05, 4.69) is 9.97 Å². The quantitative estimate of drug-likeness (QED) is 0.524. The maximum absolute atomic E-state index is 11.6. The summed E-state index contributed by atoms with van der Waals surface area (Å²) in [5.74, 6) is 0.156. The largest absolute Gasteiger partial charge is 0.465 e. The molecule has 1 N–H and O–H groups in total. The maximum atomic E-state index is 11.6. The Balaban J connectivity index is 2.16. The molecule has 0 radical (unpaired) electrons. The van der Waals surface area contributed by atoms with Crippen LogP contribution in [-0.2, 0) is 10.5 Å². The van der Waals surface area contributed by atoms with E-state index in [0.717, 1.165) is 5.56 Å². The average molecular weight is 276 g/mol. The van der Waals surface area contributed by atoms with Crippen LogP contribution in [0.4, 0.5) is 0 Å². The highest BCUT2D eigenvalue weighted by atomic mass is 32.2. The maximum Gasteiger partial charge on any atom is 0.338 e. The molecule has 0 amide bonds. The SMILES string of the molecule is COC(=O)c1ccccc1CSc1nccc(=O)[nH]1. The number of rotatable bonds is 4. The molecule has 19 heavy (non-hydrogen) atoms. The highest BCUT2D eigenvalue weighted by Crippen LogP contribution is 2.21. The molecule has 0 aliphatic rings. The first-order valence-corrected chi connectivity index (χ1v) is 6.53. The highest BCUT2D eigenvalue weighted by molar-refractivity contribution is 7.98. The highest BCUT2D eigenvalue weighted by Gasteiger charge is 2.11. The lowest BCUT2D eigenvalue weighted by atomic mass is 10.1. The van der Waals surface area contributed by atoms with Crippen molar-refractivity contribution in [1.82, 2.24) is 9.97 Å². The fraction of sp³-hybridized carbons (Fsp3) is 0.154. The molecule has 0 aliphatic heterocycles. The number of carbonyl (C=O) groups excluding carboxylic acids is 1. The van der Waals surface area contributed by atoms with Crippen molar-refractivity contribution < 1.29 is 9.53 Å². The van der Waals surface area contributed by atoms with E-state index in [4.69, 9.17) is 4.74 Å². The molecule has 1 aromatic heterocycles. The van der Waals surface area contributed by atoms with Crippen LogP contribution in [0.1, 0.15) is 15.9 Å². The molecule has 98 valence electrons. The van der Waals surface area contributed by atoms with Crippen molar-refractivity contribution in [3.05, 3.63) is 58.0 Å². The topological polar surface area (TPSA) is 72.0 Å². The average Bonchev–Trinajstić information content (AvgIpc) is 2.45. The summed E-state index contributed by atoms with van der Waals surface area (Å²) in [5.41, 5.74) is 1.17. The predicted molar refractivity (Wildman–Crippen MR) is 72.2 cm³/mol.